The van der Waals surface area contributed by atoms with E-state index in [1.165, 1.54) is 0 Å². The third-order valence-electron chi connectivity index (χ3n) is 4.65. The van der Waals surface area contributed by atoms with Crippen molar-refractivity contribution in [1.82, 2.24) is 14.7 Å². The summed E-state index contributed by atoms with van der Waals surface area (Å²) in [4.78, 5) is 14.3. The van der Waals surface area contributed by atoms with Gasteiger partial charge in [-0.05, 0) is 44.5 Å². The van der Waals surface area contributed by atoms with Crippen LogP contribution in [-0.4, -0.2) is 66.3 Å². The molecule has 1 aliphatic heterocycles. The van der Waals surface area contributed by atoms with E-state index in [2.05, 4.69) is 15.3 Å². The first-order chi connectivity index (χ1) is 14.0. The molecule has 0 unspecified atom stereocenters. The molecule has 0 saturated carbocycles. The third kappa shape index (κ3) is 6.20. The van der Waals surface area contributed by atoms with E-state index in [0.717, 1.165) is 56.3 Å². The summed E-state index contributed by atoms with van der Waals surface area (Å²) in [5, 5.41) is 7.02. The molecule has 1 fully saturated rings. The number of nitrogens with zero attached hydrogens (tertiary/aromatic N) is 3. The second-order valence-corrected chi connectivity index (χ2v) is 7.29. The van der Waals surface area contributed by atoms with E-state index in [4.69, 9.17) is 14.2 Å². The van der Waals surface area contributed by atoms with Gasteiger partial charge in [-0.1, -0.05) is 0 Å². The average molecular weight is 402 g/mol. The molecule has 158 valence electrons. The van der Waals surface area contributed by atoms with Gasteiger partial charge in [-0.2, -0.15) is 5.10 Å². The Kier molecular flexibility index (Phi) is 7.48. The number of hydrogen-bond acceptors (Lipinski definition) is 6. The van der Waals surface area contributed by atoms with E-state index in [9.17, 15) is 4.79 Å². The zero-order chi connectivity index (χ0) is 20.6. The minimum atomic E-state index is -0.479. The van der Waals surface area contributed by atoms with Gasteiger partial charge < -0.3 is 14.2 Å². The molecule has 0 aliphatic carbocycles. The number of aromatic nitrogens is 2. The molecule has 0 atom stereocenters. The summed E-state index contributed by atoms with van der Waals surface area (Å²) in [6.07, 6.45) is 2.13. The molecule has 2 aromatic rings. The number of rotatable bonds is 7. The Labute approximate surface area is 171 Å². The molecule has 1 amide bonds. The number of nitrogens with one attached hydrogen (secondary N) is 1. The number of carbonyl (C=O) groups is 1. The Morgan fingerprint density at radius 2 is 2.14 bits per heavy atom. The molecule has 1 aromatic heterocycles. The predicted octanol–water partition coefficient (Wildman–Crippen LogP) is 3.15. The van der Waals surface area contributed by atoms with Crippen molar-refractivity contribution in [2.45, 2.75) is 26.4 Å². The van der Waals surface area contributed by atoms with Crippen LogP contribution in [0.1, 0.15) is 20.3 Å². The van der Waals surface area contributed by atoms with Gasteiger partial charge in [0.25, 0.3) is 0 Å². The number of aryl methyl sites for hydroxylation is 1. The van der Waals surface area contributed by atoms with Gasteiger partial charge >= 0.3 is 6.09 Å². The highest BCUT2D eigenvalue weighted by Crippen LogP contribution is 2.32. The smallest absolute Gasteiger partial charge is 0.411 e. The summed E-state index contributed by atoms with van der Waals surface area (Å²) in [5.41, 5.74) is 2.42. The van der Waals surface area contributed by atoms with Gasteiger partial charge in [0.2, 0.25) is 0 Å². The minimum Gasteiger partial charge on any atom is -0.492 e. The summed E-state index contributed by atoms with van der Waals surface area (Å²) in [6, 6.07) is 7.49. The molecule has 0 radical (unpaired) electrons. The van der Waals surface area contributed by atoms with Crippen molar-refractivity contribution in [1.29, 1.82) is 0 Å². The maximum Gasteiger partial charge on any atom is 0.411 e. The second kappa shape index (κ2) is 10.3. The SMILES string of the molecule is CC(C)OC(=O)Nc1ccc(OCCN2CCCOCC2)c(-c2ccnn2C)c1. The predicted molar refractivity (Wildman–Crippen MR) is 111 cm³/mol. The lowest BCUT2D eigenvalue weighted by Gasteiger charge is -2.20. The van der Waals surface area contributed by atoms with Crippen LogP contribution in [-0.2, 0) is 16.5 Å². The van der Waals surface area contributed by atoms with Crippen LogP contribution >= 0.6 is 0 Å². The minimum absolute atomic E-state index is 0.182. The van der Waals surface area contributed by atoms with Gasteiger partial charge in [-0.15, -0.1) is 0 Å². The van der Waals surface area contributed by atoms with Crippen molar-refractivity contribution in [3.8, 4) is 17.0 Å². The molecule has 1 saturated heterocycles. The largest absolute Gasteiger partial charge is 0.492 e. The van der Waals surface area contributed by atoms with Crippen LogP contribution < -0.4 is 10.1 Å². The van der Waals surface area contributed by atoms with Gasteiger partial charge in [0.1, 0.15) is 12.4 Å². The van der Waals surface area contributed by atoms with Crippen LogP contribution in [0.2, 0.25) is 0 Å². The van der Waals surface area contributed by atoms with Crippen molar-refractivity contribution in [3.05, 3.63) is 30.5 Å². The number of anilines is 1. The normalized spacial score (nSPS) is 15.2. The molecule has 29 heavy (non-hydrogen) atoms. The summed E-state index contributed by atoms with van der Waals surface area (Å²) < 4.78 is 18.6. The molecule has 0 bridgehead atoms. The van der Waals surface area contributed by atoms with Gasteiger partial charge in [-0.25, -0.2) is 4.79 Å². The number of carbonyl (C=O) groups excluding carboxylic acids is 1. The fourth-order valence-corrected chi connectivity index (χ4v) is 3.24. The first-order valence-corrected chi connectivity index (χ1v) is 10.1. The van der Waals surface area contributed by atoms with Crippen LogP contribution in [0.3, 0.4) is 0 Å². The molecule has 0 spiro atoms. The fourth-order valence-electron chi connectivity index (χ4n) is 3.24. The Morgan fingerprint density at radius 3 is 2.90 bits per heavy atom. The number of amides is 1. The average Bonchev–Trinajstić information content (AvgIpc) is 2.93. The van der Waals surface area contributed by atoms with Crippen LogP contribution in [0.5, 0.6) is 5.75 Å². The summed E-state index contributed by atoms with van der Waals surface area (Å²) in [5.74, 6) is 0.752. The highest BCUT2D eigenvalue weighted by atomic mass is 16.6. The van der Waals surface area contributed by atoms with Crippen LogP contribution in [0.25, 0.3) is 11.3 Å². The molecule has 1 N–H and O–H groups in total. The van der Waals surface area contributed by atoms with Crippen LogP contribution in [0.4, 0.5) is 10.5 Å². The second-order valence-electron chi connectivity index (χ2n) is 7.29. The van der Waals surface area contributed by atoms with Crippen LogP contribution in [0.15, 0.2) is 30.5 Å². The van der Waals surface area contributed by atoms with Crippen molar-refractivity contribution in [2.75, 3.05) is 44.8 Å². The lowest BCUT2D eigenvalue weighted by molar-refractivity contribution is 0.130. The fraction of sp³-hybridized carbons (Fsp3) is 0.524. The zero-order valence-corrected chi connectivity index (χ0v) is 17.4. The maximum atomic E-state index is 11.9. The highest BCUT2D eigenvalue weighted by molar-refractivity contribution is 5.86. The van der Waals surface area contributed by atoms with Crippen molar-refractivity contribution in [3.63, 3.8) is 0 Å². The Hall–Kier alpha value is -2.58. The standard InChI is InChI=1S/C21H30N4O4/c1-16(2)29-21(26)23-17-5-6-20(18(15-17)19-7-8-22-24(19)3)28-14-11-25-9-4-12-27-13-10-25/h5-8,15-16H,4,9-14H2,1-3H3,(H,23,26). The van der Waals surface area contributed by atoms with Crippen molar-refractivity contribution >= 4 is 11.8 Å². The Balaban J connectivity index is 1.71. The van der Waals surface area contributed by atoms with Gasteiger partial charge in [-0.3, -0.25) is 14.9 Å². The van der Waals surface area contributed by atoms with Gasteiger partial charge in [0.05, 0.1) is 18.4 Å². The zero-order valence-electron chi connectivity index (χ0n) is 17.4. The first-order valence-electron chi connectivity index (χ1n) is 10.1. The molecule has 3 rings (SSSR count). The summed E-state index contributed by atoms with van der Waals surface area (Å²) in [6.45, 7) is 8.60. The quantitative estimate of drug-likeness (QED) is 0.767. The highest BCUT2D eigenvalue weighted by Gasteiger charge is 2.14. The maximum absolute atomic E-state index is 11.9. The first kappa shape index (κ1) is 21.1. The van der Waals surface area contributed by atoms with E-state index < -0.39 is 6.09 Å². The van der Waals surface area contributed by atoms with Crippen LogP contribution in [0, 0.1) is 0 Å². The molecule has 1 aromatic carbocycles. The summed E-state index contributed by atoms with van der Waals surface area (Å²) in [7, 11) is 1.88. The van der Waals surface area contributed by atoms with Gasteiger partial charge in [0.15, 0.2) is 0 Å². The number of hydrogen-bond donors (Lipinski definition) is 1. The lowest BCUT2D eigenvalue weighted by atomic mass is 10.1. The lowest BCUT2D eigenvalue weighted by Crippen LogP contribution is -2.30. The number of benzene rings is 1. The van der Waals surface area contributed by atoms with Crippen molar-refractivity contribution in [2.24, 2.45) is 7.05 Å². The Morgan fingerprint density at radius 1 is 1.28 bits per heavy atom. The van der Waals surface area contributed by atoms with Gasteiger partial charge in [0, 0.05) is 50.7 Å². The monoisotopic (exact) mass is 402 g/mol. The molecule has 8 heteroatoms. The molecule has 8 nitrogen and oxygen atoms in total. The van der Waals surface area contributed by atoms with E-state index in [1.807, 2.05) is 45.2 Å². The third-order valence-corrected chi connectivity index (χ3v) is 4.65. The molecular weight excluding hydrogens is 372 g/mol. The molecular formula is C21H30N4O4. The van der Waals surface area contributed by atoms with E-state index in [0.29, 0.717) is 12.3 Å². The number of ether oxygens (including phenoxy) is 3. The topological polar surface area (TPSA) is 77.8 Å². The molecule has 1 aliphatic rings. The molecule has 2 heterocycles. The van der Waals surface area contributed by atoms with Crippen molar-refractivity contribution < 1.29 is 19.0 Å². The van der Waals surface area contributed by atoms with E-state index >= 15 is 0 Å². The summed E-state index contributed by atoms with van der Waals surface area (Å²) >= 11 is 0. The van der Waals surface area contributed by atoms with E-state index in [-0.39, 0.29) is 6.10 Å². The van der Waals surface area contributed by atoms with E-state index in [1.54, 1.807) is 10.9 Å². The Bertz CT molecular complexity index is 798.